The monoisotopic (exact) mass is 582 g/mol. The number of nitrogens with zero attached hydrogens (tertiary/aromatic N) is 1. The van der Waals surface area contributed by atoms with Gasteiger partial charge in [-0.15, -0.1) is 0 Å². The van der Waals surface area contributed by atoms with Crippen LogP contribution in [0.3, 0.4) is 0 Å². The van der Waals surface area contributed by atoms with Crippen LogP contribution in [-0.4, -0.2) is 81.3 Å². The highest BCUT2D eigenvalue weighted by Gasteiger charge is 2.28. The highest BCUT2D eigenvalue weighted by Crippen LogP contribution is 2.29. The van der Waals surface area contributed by atoms with Crippen molar-refractivity contribution in [3.8, 4) is 5.75 Å². The van der Waals surface area contributed by atoms with Crippen LogP contribution in [0.1, 0.15) is 33.6 Å². The summed E-state index contributed by atoms with van der Waals surface area (Å²) in [5.41, 5.74) is 0. The van der Waals surface area contributed by atoms with Crippen molar-refractivity contribution in [3.05, 3.63) is 41.5 Å². The number of rotatable bonds is 19. The fourth-order valence-electron chi connectivity index (χ4n) is 3.13. The molecule has 10 nitrogen and oxygen atoms in total. The van der Waals surface area contributed by atoms with Crippen LogP contribution < -0.4 is 20.7 Å². The van der Waals surface area contributed by atoms with E-state index in [1.807, 2.05) is 18.7 Å². The molecule has 0 unspecified atom stereocenters. The lowest BCUT2D eigenvalue weighted by molar-refractivity contribution is -0.136. The second-order valence-electron chi connectivity index (χ2n) is 8.23. The second-order valence-corrected chi connectivity index (χ2v) is 8.23. The molecule has 226 valence electrons. The highest BCUT2D eigenvalue weighted by molar-refractivity contribution is 5.87. The third-order valence-corrected chi connectivity index (χ3v) is 5.28. The molecule has 0 heterocycles. The summed E-state index contributed by atoms with van der Waals surface area (Å²) in [7, 11) is 0. The number of carbonyl (C=O) groups excluding carboxylic acids is 3. The molecule has 1 atom stereocenters. The Labute approximate surface area is 229 Å². The fraction of sp³-hybridized carbons (Fsp3) is 0.560. The van der Waals surface area contributed by atoms with Gasteiger partial charge < -0.3 is 35.1 Å². The van der Waals surface area contributed by atoms with E-state index in [4.69, 9.17) is 9.47 Å². The summed E-state index contributed by atoms with van der Waals surface area (Å²) in [4.78, 5) is 37.8. The molecule has 0 aliphatic heterocycles. The van der Waals surface area contributed by atoms with Gasteiger partial charge in [0.2, 0.25) is 46.6 Å². The first kappa shape index (κ1) is 34.6. The van der Waals surface area contributed by atoms with E-state index in [0.29, 0.717) is 19.6 Å². The van der Waals surface area contributed by atoms with Gasteiger partial charge in [0.05, 0.1) is 38.7 Å². The maximum Gasteiger partial charge on any atom is 0.313 e. The maximum atomic E-state index is 13.5. The fourth-order valence-corrected chi connectivity index (χ4v) is 3.13. The zero-order chi connectivity index (χ0) is 30.2. The van der Waals surface area contributed by atoms with E-state index in [1.54, 1.807) is 6.92 Å². The molecular weight excluding hydrogens is 547 g/mol. The Balaban J connectivity index is 2.18. The van der Waals surface area contributed by atoms with Gasteiger partial charge in [-0.25, -0.2) is 13.2 Å². The molecule has 15 heteroatoms. The molecule has 0 saturated heterocycles. The smallest absolute Gasteiger partial charge is 0.313 e. The van der Waals surface area contributed by atoms with Gasteiger partial charge in [0.1, 0.15) is 6.04 Å². The van der Waals surface area contributed by atoms with Crippen LogP contribution in [0.25, 0.3) is 0 Å². The second kappa shape index (κ2) is 18.0. The number of halogens is 5. The Kier molecular flexibility index (Phi) is 15.6. The molecule has 0 radical (unpaired) electrons. The van der Waals surface area contributed by atoms with Gasteiger partial charge in [-0.05, 0) is 20.8 Å². The Morgan fingerprint density at radius 3 is 2.00 bits per heavy atom. The Bertz CT molecular complexity index is 1000. The number of esters is 1. The molecule has 0 fully saturated rings. The van der Waals surface area contributed by atoms with Crippen molar-refractivity contribution in [2.24, 2.45) is 0 Å². The molecule has 0 aliphatic rings. The van der Waals surface area contributed by atoms with E-state index in [1.165, 1.54) is 0 Å². The molecule has 0 bridgehead atoms. The van der Waals surface area contributed by atoms with Crippen molar-refractivity contribution >= 4 is 17.8 Å². The number of hydrogen-bond donors (Lipinski definition) is 3. The topological polar surface area (TPSA) is 118 Å². The Hall–Kier alpha value is -3.46. The van der Waals surface area contributed by atoms with Gasteiger partial charge in [-0.1, -0.05) is 6.58 Å². The van der Waals surface area contributed by atoms with E-state index >= 15 is 0 Å². The van der Waals surface area contributed by atoms with Crippen LogP contribution in [-0.2, 0) is 23.9 Å². The molecule has 40 heavy (non-hydrogen) atoms. The quantitative estimate of drug-likeness (QED) is 0.0567. The normalized spacial score (nSPS) is 11.5. The average Bonchev–Trinajstić information content (AvgIpc) is 2.92. The third-order valence-electron chi connectivity index (χ3n) is 5.28. The van der Waals surface area contributed by atoms with Gasteiger partial charge in [-0.3, -0.25) is 14.4 Å². The summed E-state index contributed by atoms with van der Waals surface area (Å²) >= 11 is 0. The summed E-state index contributed by atoms with van der Waals surface area (Å²) in [5.74, 6) is -14.2. The van der Waals surface area contributed by atoms with Crippen molar-refractivity contribution in [1.29, 1.82) is 0 Å². The van der Waals surface area contributed by atoms with Gasteiger partial charge in [0.15, 0.2) is 0 Å². The minimum absolute atomic E-state index is 0.00515. The summed E-state index contributed by atoms with van der Waals surface area (Å²) < 4.78 is 80.9. The van der Waals surface area contributed by atoms with Gasteiger partial charge in [0, 0.05) is 32.6 Å². The molecule has 3 N–H and O–H groups in total. The van der Waals surface area contributed by atoms with E-state index in [-0.39, 0.29) is 45.3 Å². The summed E-state index contributed by atoms with van der Waals surface area (Å²) in [6.07, 6.45) is -0.339. The zero-order valence-electron chi connectivity index (χ0n) is 22.6. The van der Waals surface area contributed by atoms with Gasteiger partial charge >= 0.3 is 5.97 Å². The number of carbonyl (C=O) groups is 3. The van der Waals surface area contributed by atoms with Crippen molar-refractivity contribution in [3.63, 3.8) is 0 Å². The first-order valence-electron chi connectivity index (χ1n) is 12.6. The van der Waals surface area contributed by atoms with Crippen molar-refractivity contribution in [2.75, 3.05) is 52.6 Å². The lowest BCUT2D eigenvalue weighted by atomic mass is 10.2. The molecule has 1 aromatic rings. The van der Waals surface area contributed by atoms with E-state index in [0.717, 1.165) is 5.82 Å². The van der Waals surface area contributed by atoms with Crippen molar-refractivity contribution < 1.29 is 50.5 Å². The van der Waals surface area contributed by atoms with Crippen LogP contribution >= 0.6 is 0 Å². The summed E-state index contributed by atoms with van der Waals surface area (Å²) in [6, 6.07) is -0.757. The van der Waals surface area contributed by atoms with Crippen molar-refractivity contribution in [1.82, 2.24) is 20.9 Å². The number of benzene rings is 1. The lowest BCUT2D eigenvalue weighted by Crippen LogP contribution is -2.46. The maximum absolute atomic E-state index is 13.5. The molecule has 1 aromatic carbocycles. The van der Waals surface area contributed by atoms with Gasteiger partial charge in [0.25, 0.3) is 0 Å². The number of hydrogen-bond acceptors (Lipinski definition) is 8. The standard InChI is InChI=1S/C25H35F5N4O6/c1-5-31-16(4)34(6-2)10-7-17(35)33-15(3)25(37)32-9-12-39-14-13-38-11-8-18(36)40-24-22(29)20(27)19(26)21(28)23(24)30/h15,31H,4-14H2,1-3H3,(H,32,37)(H,33,35)/t15-/m0/s1. The average molecular weight is 583 g/mol. The number of ether oxygens (including phenoxy) is 3. The van der Waals surface area contributed by atoms with E-state index < -0.39 is 59.2 Å². The van der Waals surface area contributed by atoms with Crippen LogP contribution in [0.5, 0.6) is 5.75 Å². The lowest BCUT2D eigenvalue weighted by Gasteiger charge is -2.25. The molecular formula is C25H35F5N4O6. The molecule has 2 amide bonds. The van der Waals surface area contributed by atoms with E-state index in [9.17, 15) is 36.3 Å². The van der Waals surface area contributed by atoms with Crippen LogP contribution in [0.4, 0.5) is 22.0 Å². The highest BCUT2D eigenvalue weighted by atomic mass is 19.2. The first-order valence-corrected chi connectivity index (χ1v) is 12.6. The summed E-state index contributed by atoms with van der Waals surface area (Å²) in [5, 5.41) is 8.32. The van der Waals surface area contributed by atoms with Crippen LogP contribution in [0.2, 0.25) is 0 Å². The first-order chi connectivity index (χ1) is 18.9. The number of nitrogens with one attached hydrogen (secondary N) is 3. The Morgan fingerprint density at radius 1 is 0.850 bits per heavy atom. The largest absolute Gasteiger partial charge is 0.420 e. The van der Waals surface area contributed by atoms with Crippen molar-refractivity contribution in [2.45, 2.75) is 39.7 Å². The predicted molar refractivity (Wildman–Crippen MR) is 133 cm³/mol. The molecule has 0 aromatic heterocycles. The van der Waals surface area contributed by atoms with E-state index in [2.05, 4.69) is 27.3 Å². The SMILES string of the molecule is C=C(NCC)N(CC)CCC(=O)N[C@@H](C)C(=O)NCCOCCOCCC(=O)Oc1c(F)c(F)c(F)c(F)c1F. The van der Waals surface area contributed by atoms with Crippen LogP contribution in [0.15, 0.2) is 12.4 Å². The minimum atomic E-state index is -2.36. The summed E-state index contributed by atoms with van der Waals surface area (Å²) in [6.45, 7) is 11.3. The molecule has 0 saturated carbocycles. The number of amides is 2. The molecule has 0 spiro atoms. The molecule has 1 rings (SSSR count). The van der Waals surface area contributed by atoms with Crippen LogP contribution in [0, 0.1) is 29.1 Å². The Morgan fingerprint density at radius 2 is 1.43 bits per heavy atom. The predicted octanol–water partition coefficient (Wildman–Crippen LogP) is 2.12. The minimum Gasteiger partial charge on any atom is -0.420 e. The molecule has 0 aliphatic carbocycles. The van der Waals surface area contributed by atoms with Gasteiger partial charge in [-0.2, -0.15) is 8.78 Å². The zero-order valence-corrected chi connectivity index (χ0v) is 22.6. The third kappa shape index (κ3) is 11.3.